The lowest BCUT2D eigenvalue weighted by Crippen LogP contribution is -2.12. The Kier molecular flexibility index (Phi) is 3.96. The first-order valence-electron chi connectivity index (χ1n) is 6.53. The van der Waals surface area contributed by atoms with E-state index in [0.29, 0.717) is 40.8 Å². The molecule has 1 aromatic heterocycles. The second kappa shape index (κ2) is 5.89. The highest BCUT2D eigenvalue weighted by Crippen LogP contribution is 2.31. The Morgan fingerprint density at radius 2 is 2.05 bits per heavy atom. The SMILES string of the molecule is Cc1occc1C(=O)Nc1ccc(Cl)c(C2OCCO2)c1. The molecular formula is C15H14ClNO4. The van der Waals surface area contributed by atoms with Gasteiger partial charge in [0.1, 0.15) is 5.76 Å². The summed E-state index contributed by atoms with van der Waals surface area (Å²) in [5.74, 6) is 0.340. The number of furan rings is 1. The Labute approximate surface area is 126 Å². The van der Waals surface area contributed by atoms with Crippen molar-refractivity contribution in [1.82, 2.24) is 0 Å². The van der Waals surface area contributed by atoms with Crippen molar-refractivity contribution >= 4 is 23.2 Å². The van der Waals surface area contributed by atoms with Crippen molar-refractivity contribution in [2.75, 3.05) is 18.5 Å². The molecule has 0 radical (unpaired) electrons. The Balaban J connectivity index is 1.81. The largest absolute Gasteiger partial charge is 0.469 e. The molecule has 2 aromatic rings. The summed E-state index contributed by atoms with van der Waals surface area (Å²) in [6.07, 6.45) is 1.00. The van der Waals surface area contributed by atoms with Gasteiger partial charge in [-0.15, -0.1) is 0 Å². The number of halogens is 1. The van der Waals surface area contributed by atoms with Gasteiger partial charge < -0.3 is 19.2 Å². The fourth-order valence-corrected chi connectivity index (χ4v) is 2.37. The Bertz CT molecular complexity index is 661. The number of ether oxygens (including phenoxy) is 2. The van der Waals surface area contributed by atoms with Gasteiger partial charge in [0, 0.05) is 16.3 Å². The number of anilines is 1. The van der Waals surface area contributed by atoms with Crippen LogP contribution in [0.1, 0.15) is 28.0 Å². The highest BCUT2D eigenvalue weighted by molar-refractivity contribution is 6.31. The lowest BCUT2D eigenvalue weighted by molar-refractivity contribution is -0.0440. The van der Waals surface area contributed by atoms with Crippen LogP contribution in [-0.2, 0) is 9.47 Å². The average Bonchev–Trinajstić information content (AvgIpc) is 3.12. The summed E-state index contributed by atoms with van der Waals surface area (Å²) in [5, 5.41) is 3.35. The van der Waals surface area contributed by atoms with E-state index in [1.54, 1.807) is 31.2 Å². The second-order valence-corrected chi connectivity index (χ2v) is 5.06. The predicted molar refractivity (Wildman–Crippen MR) is 77.5 cm³/mol. The Morgan fingerprint density at radius 3 is 2.71 bits per heavy atom. The molecule has 110 valence electrons. The zero-order valence-electron chi connectivity index (χ0n) is 11.4. The maximum atomic E-state index is 12.1. The van der Waals surface area contributed by atoms with E-state index in [9.17, 15) is 4.79 Å². The number of hydrogen-bond acceptors (Lipinski definition) is 4. The predicted octanol–water partition coefficient (Wildman–Crippen LogP) is 3.54. The molecule has 1 aromatic carbocycles. The van der Waals surface area contributed by atoms with Crippen molar-refractivity contribution in [3.05, 3.63) is 52.4 Å². The van der Waals surface area contributed by atoms with Gasteiger partial charge in [-0.3, -0.25) is 4.79 Å². The van der Waals surface area contributed by atoms with Gasteiger partial charge in [0.25, 0.3) is 5.91 Å². The summed E-state index contributed by atoms with van der Waals surface area (Å²) in [7, 11) is 0. The topological polar surface area (TPSA) is 60.7 Å². The number of carbonyl (C=O) groups excluding carboxylic acids is 1. The molecular weight excluding hydrogens is 294 g/mol. The van der Waals surface area contributed by atoms with Gasteiger partial charge in [-0.25, -0.2) is 0 Å². The molecule has 0 aliphatic carbocycles. The number of hydrogen-bond donors (Lipinski definition) is 1. The van der Waals surface area contributed by atoms with E-state index in [1.165, 1.54) is 6.26 Å². The number of aryl methyl sites for hydroxylation is 1. The van der Waals surface area contributed by atoms with Crippen molar-refractivity contribution < 1.29 is 18.7 Å². The third kappa shape index (κ3) is 2.95. The first kappa shape index (κ1) is 14.1. The van der Waals surface area contributed by atoms with Gasteiger partial charge >= 0.3 is 0 Å². The summed E-state index contributed by atoms with van der Waals surface area (Å²) in [6.45, 7) is 2.81. The van der Waals surface area contributed by atoms with Crippen LogP contribution in [0.4, 0.5) is 5.69 Å². The van der Waals surface area contributed by atoms with E-state index in [1.807, 2.05) is 0 Å². The highest BCUT2D eigenvalue weighted by Gasteiger charge is 2.22. The minimum Gasteiger partial charge on any atom is -0.469 e. The summed E-state index contributed by atoms with van der Waals surface area (Å²) >= 11 is 6.15. The Morgan fingerprint density at radius 1 is 1.29 bits per heavy atom. The molecule has 1 aliphatic rings. The molecule has 6 heteroatoms. The average molecular weight is 308 g/mol. The zero-order chi connectivity index (χ0) is 14.8. The highest BCUT2D eigenvalue weighted by atomic mass is 35.5. The fraction of sp³-hybridized carbons (Fsp3) is 0.267. The van der Waals surface area contributed by atoms with Gasteiger partial charge in [-0.05, 0) is 31.2 Å². The van der Waals surface area contributed by atoms with Gasteiger partial charge in [0.05, 0.1) is 25.0 Å². The summed E-state index contributed by atoms with van der Waals surface area (Å²) in [4.78, 5) is 12.1. The zero-order valence-corrected chi connectivity index (χ0v) is 12.1. The van der Waals surface area contributed by atoms with Crippen LogP contribution in [0.5, 0.6) is 0 Å². The number of benzene rings is 1. The first-order chi connectivity index (χ1) is 10.1. The van der Waals surface area contributed by atoms with Crippen molar-refractivity contribution in [1.29, 1.82) is 0 Å². The lowest BCUT2D eigenvalue weighted by Gasteiger charge is -2.13. The van der Waals surface area contributed by atoms with Gasteiger partial charge in [-0.2, -0.15) is 0 Å². The second-order valence-electron chi connectivity index (χ2n) is 4.65. The molecule has 2 heterocycles. The number of amides is 1. The van der Waals surface area contributed by atoms with E-state index >= 15 is 0 Å². The normalized spacial score (nSPS) is 15.3. The molecule has 5 nitrogen and oxygen atoms in total. The third-order valence-corrected chi connectivity index (χ3v) is 3.58. The summed E-state index contributed by atoms with van der Waals surface area (Å²) < 4.78 is 16.0. The third-order valence-electron chi connectivity index (χ3n) is 3.23. The molecule has 1 N–H and O–H groups in total. The molecule has 3 rings (SSSR count). The van der Waals surface area contributed by atoms with Gasteiger partial charge in [0.15, 0.2) is 6.29 Å². The molecule has 21 heavy (non-hydrogen) atoms. The summed E-state index contributed by atoms with van der Waals surface area (Å²) in [6, 6.07) is 6.82. The molecule has 0 saturated carbocycles. The van der Waals surface area contributed by atoms with Crippen molar-refractivity contribution in [2.45, 2.75) is 13.2 Å². The molecule has 1 saturated heterocycles. The number of rotatable bonds is 3. The van der Waals surface area contributed by atoms with Crippen LogP contribution < -0.4 is 5.32 Å². The maximum Gasteiger partial charge on any atom is 0.259 e. The van der Waals surface area contributed by atoms with Crippen molar-refractivity contribution in [2.24, 2.45) is 0 Å². The van der Waals surface area contributed by atoms with Crippen LogP contribution in [0.2, 0.25) is 5.02 Å². The minimum atomic E-state index is -0.481. The van der Waals surface area contributed by atoms with Gasteiger partial charge in [-0.1, -0.05) is 11.6 Å². The van der Waals surface area contributed by atoms with Crippen LogP contribution in [-0.4, -0.2) is 19.1 Å². The van der Waals surface area contributed by atoms with Crippen LogP contribution in [0.15, 0.2) is 34.9 Å². The lowest BCUT2D eigenvalue weighted by atomic mass is 10.1. The van der Waals surface area contributed by atoms with Gasteiger partial charge in [0.2, 0.25) is 0 Å². The molecule has 0 atom stereocenters. The standard InChI is InChI=1S/C15H14ClNO4/c1-9-11(4-5-19-9)14(18)17-10-2-3-13(16)12(8-10)15-20-6-7-21-15/h2-5,8,15H,6-7H2,1H3,(H,17,18). The number of carbonyl (C=O) groups is 1. The van der Waals surface area contributed by atoms with Crippen LogP contribution in [0.3, 0.4) is 0 Å². The number of nitrogens with one attached hydrogen (secondary N) is 1. The minimum absolute atomic E-state index is 0.234. The van der Waals surface area contributed by atoms with Crippen molar-refractivity contribution in [3.8, 4) is 0 Å². The fourth-order valence-electron chi connectivity index (χ4n) is 2.16. The Hall–Kier alpha value is -1.82. The smallest absolute Gasteiger partial charge is 0.259 e. The molecule has 0 bridgehead atoms. The molecule has 1 amide bonds. The monoisotopic (exact) mass is 307 g/mol. The van der Waals surface area contributed by atoms with E-state index in [2.05, 4.69) is 5.32 Å². The maximum absolute atomic E-state index is 12.1. The molecule has 0 unspecified atom stereocenters. The molecule has 1 aliphatic heterocycles. The van der Waals surface area contributed by atoms with E-state index < -0.39 is 6.29 Å². The van der Waals surface area contributed by atoms with E-state index in [-0.39, 0.29) is 5.91 Å². The van der Waals surface area contributed by atoms with E-state index in [0.717, 1.165) is 0 Å². The first-order valence-corrected chi connectivity index (χ1v) is 6.91. The van der Waals surface area contributed by atoms with Crippen molar-refractivity contribution in [3.63, 3.8) is 0 Å². The molecule has 0 spiro atoms. The van der Waals surface area contributed by atoms with Crippen LogP contribution in [0, 0.1) is 6.92 Å². The van der Waals surface area contributed by atoms with E-state index in [4.69, 9.17) is 25.5 Å². The van der Waals surface area contributed by atoms with Crippen LogP contribution in [0.25, 0.3) is 0 Å². The summed E-state index contributed by atoms with van der Waals surface area (Å²) in [5.41, 5.74) is 1.83. The quantitative estimate of drug-likeness (QED) is 0.942. The van der Waals surface area contributed by atoms with Crippen LogP contribution >= 0.6 is 11.6 Å². The molecule has 1 fully saturated rings.